The molecule has 0 bridgehead atoms. The first-order valence-electron chi connectivity index (χ1n) is 4.67. The van der Waals surface area contributed by atoms with Crippen LogP contribution in [-0.2, 0) is 4.79 Å². The summed E-state index contributed by atoms with van der Waals surface area (Å²) in [7, 11) is 0. The quantitative estimate of drug-likeness (QED) is 0.780. The van der Waals surface area contributed by atoms with Crippen LogP contribution in [0.2, 0.25) is 0 Å². The average molecular weight is 234 g/mol. The van der Waals surface area contributed by atoms with Crippen molar-refractivity contribution >= 4 is 23.8 Å². The van der Waals surface area contributed by atoms with Crippen molar-refractivity contribution in [3.05, 3.63) is 35.1 Å². The molecule has 5 nitrogen and oxygen atoms in total. The van der Waals surface area contributed by atoms with Gasteiger partial charge in [0.25, 0.3) is 0 Å². The largest absolute Gasteiger partial charge is 0.326 e. The van der Waals surface area contributed by atoms with E-state index in [9.17, 15) is 4.79 Å². The maximum absolute atomic E-state index is 10.9. The fourth-order valence-corrected chi connectivity index (χ4v) is 1.56. The molecule has 1 amide bonds. The predicted molar refractivity (Wildman–Crippen MR) is 63.1 cm³/mol. The van der Waals surface area contributed by atoms with Gasteiger partial charge in [-0.3, -0.25) is 4.79 Å². The molecule has 1 aromatic carbocycles. The zero-order chi connectivity index (χ0) is 11.5. The van der Waals surface area contributed by atoms with Gasteiger partial charge >= 0.3 is 0 Å². The third-order valence-corrected chi connectivity index (χ3v) is 2.27. The number of rotatable bonds is 2. The van der Waals surface area contributed by atoms with Gasteiger partial charge in [0.1, 0.15) is 4.64 Å². The molecule has 0 saturated carbocycles. The molecule has 0 aliphatic heterocycles. The molecule has 82 valence electrons. The molecule has 6 heteroatoms. The van der Waals surface area contributed by atoms with Crippen LogP contribution in [0.25, 0.3) is 5.69 Å². The Morgan fingerprint density at radius 2 is 2.38 bits per heavy atom. The number of carbonyl (C=O) groups is 1. The van der Waals surface area contributed by atoms with Crippen molar-refractivity contribution in [2.75, 3.05) is 5.32 Å². The lowest BCUT2D eigenvalue weighted by atomic mass is 10.3. The second-order valence-electron chi connectivity index (χ2n) is 3.26. The molecule has 0 atom stereocenters. The number of aromatic nitrogens is 3. The summed E-state index contributed by atoms with van der Waals surface area (Å²) in [5.74, 6) is -0.106. The molecule has 0 spiro atoms. The number of nitrogens with zero attached hydrogens (tertiary/aromatic N) is 2. The predicted octanol–water partition coefficient (Wildman–Crippen LogP) is 1.89. The van der Waals surface area contributed by atoms with Crippen LogP contribution in [-0.4, -0.2) is 20.9 Å². The molecular formula is C10H10N4OS. The lowest BCUT2D eigenvalue weighted by Gasteiger charge is -2.05. The zero-order valence-electron chi connectivity index (χ0n) is 8.60. The lowest BCUT2D eigenvalue weighted by Crippen LogP contribution is -2.06. The van der Waals surface area contributed by atoms with Crippen LogP contribution in [0.4, 0.5) is 5.69 Å². The van der Waals surface area contributed by atoms with Gasteiger partial charge in [0.2, 0.25) is 5.91 Å². The second kappa shape index (κ2) is 4.28. The van der Waals surface area contributed by atoms with Crippen LogP contribution in [0.15, 0.2) is 30.5 Å². The van der Waals surface area contributed by atoms with Crippen LogP contribution in [0.5, 0.6) is 0 Å². The fourth-order valence-electron chi connectivity index (χ4n) is 1.36. The van der Waals surface area contributed by atoms with Gasteiger partial charge in [-0.15, -0.1) is 0 Å². The van der Waals surface area contributed by atoms with E-state index in [2.05, 4.69) is 15.6 Å². The maximum Gasteiger partial charge on any atom is 0.221 e. The van der Waals surface area contributed by atoms with Gasteiger partial charge in [-0.2, -0.15) is 5.10 Å². The van der Waals surface area contributed by atoms with E-state index in [0.29, 0.717) is 4.64 Å². The Balaban J connectivity index is 2.40. The Hall–Kier alpha value is -1.95. The summed E-state index contributed by atoms with van der Waals surface area (Å²) in [4.78, 5) is 10.9. The minimum absolute atomic E-state index is 0.106. The number of anilines is 1. The monoisotopic (exact) mass is 234 g/mol. The standard InChI is InChI=1S/C10H10N4OS/c1-7(15)12-8-3-2-4-9(5-8)14-10(16)6-11-13-14/h2-6,13H,1H3,(H,12,15). The van der Waals surface area contributed by atoms with Gasteiger partial charge in [0, 0.05) is 12.6 Å². The van der Waals surface area contributed by atoms with Gasteiger partial charge in [-0.25, -0.2) is 9.90 Å². The molecule has 2 N–H and O–H groups in total. The van der Waals surface area contributed by atoms with Crippen molar-refractivity contribution in [3.8, 4) is 5.69 Å². The summed E-state index contributed by atoms with van der Waals surface area (Å²) in [6, 6.07) is 7.34. The van der Waals surface area contributed by atoms with Gasteiger partial charge in [0.15, 0.2) is 0 Å². The van der Waals surface area contributed by atoms with Crippen LogP contribution >= 0.6 is 12.2 Å². The van der Waals surface area contributed by atoms with Crippen molar-refractivity contribution in [3.63, 3.8) is 0 Å². The number of H-pyrrole nitrogens is 1. The van der Waals surface area contributed by atoms with Crippen LogP contribution in [0.3, 0.4) is 0 Å². The van der Waals surface area contributed by atoms with E-state index in [1.54, 1.807) is 10.9 Å². The van der Waals surface area contributed by atoms with Crippen molar-refractivity contribution in [1.82, 2.24) is 15.0 Å². The summed E-state index contributed by atoms with van der Waals surface area (Å²) in [5.41, 5.74) is 1.55. The first-order chi connectivity index (χ1) is 7.66. The smallest absolute Gasteiger partial charge is 0.221 e. The zero-order valence-corrected chi connectivity index (χ0v) is 9.41. The Morgan fingerprint density at radius 1 is 1.56 bits per heavy atom. The number of carbonyl (C=O) groups excluding carboxylic acids is 1. The summed E-state index contributed by atoms with van der Waals surface area (Å²) < 4.78 is 2.24. The van der Waals surface area contributed by atoms with Crippen molar-refractivity contribution in [1.29, 1.82) is 0 Å². The van der Waals surface area contributed by atoms with Crippen molar-refractivity contribution in [2.45, 2.75) is 6.92 Å². The topological polar surface area (TPSA) is 62.7 Å². The number of hydrogen-bond acceptors (Lipinski definition) is 3. The van der Waals surface area contributed by atoms with E-state index in [1.165, 1.54) is 6.92 Å². The molecule has 0 saturated heterocycles. The second-order valence-corrected chi connectivity index (χ2v) is 3.68. The van der Waals surface area contributed by atoms with Gasteiger partial charge in [-0.1, -0.05) is 18.3 Å². The molecule has 0 aliphatic carbocycles. The Labute approximate surface area is 97.1 Å². The molecule has 2 rings (SSSR count). The van der Waals surface area contributed by atoms with Crippen molar-refractivity contribution < 1.29 is 4.79 Å². The number of aromatic amines is 1. The Morgan fingerprint density at radius 3 is 3.00 bits per heavy atom. The number of benzene rings is 1. The highest BCUT2D eigenvalue weighted by molar-refractivity contribution is 7.71. The van der Waals surface area contributed by atoms with Crippen LogP contribution < -0.4 is 5.32 Å². The first kappa shape index (κ1) is 10.6. The Kier molecular flexibility index (Phi) is 2.82. The SMILES string of the molecule is CC(=O)Nc1cccc(-n2[nH]ncc2=S)c1. The number of hydrogen-bond donors (Lipinski definition) is 2. The highest BCUT2D eigenvalue weighted by Gasteiger charge is 2.00. The summed E-state index contributed by atoms with van der Waals surface area (Å²) in [6.45, 7) is 1.47. The van der Waals surface area contributed by atoms with E-state index in [4.69, 9.17) is 12.2 Å². The highest BCUT2D eigenvalue weighted by Crippen LogP contribution is 2.13. The van der Waals surface area contributed by atoms with E-state index in [0.717, 1.165) is 11.4 Å². The molecular weight excluding hydrogens is 224 g/mol. The number of amides is 1. The summed E-state index contributed by atoms with van der Waals surface area (Å²) >= 11 is 5.08. The lowest BCUT2D eigenvalue weighted by molar-refractivity contribution is -0.114. The molecule has 1 aromatic heterocycles. The summed E-state index contributed by atoms with van der Waals surface area (Å²) in [5, 5.41) is 9.29. The first-order valence-corrected chi connectivity index (χ1v) is 5.08. The molecule has 2 aromatic rings. The third-order valence-electron chi connectivity index (χ3n) is 1.98. The third kappa shape index (κ3) is 2.17. The Bertz CT molecular complexity index is 572. The van der Waals surface area contributed by atoms with Crippen molar-refractivity contribution in [2.24, 2.45) is 0 Å². The van der Waals surface area contributed by atoms with Crippen LogP contribution in [0.1, 0.15) is 6.92 Å². The highest BCUT2D eigenvalue weighted by atomic mass is 32.1. The minimum atomic E-state index is -0.106. The molecule has 0 unspecified atom stereocenters. The van der Waals surface area contributed by atoms with E-state index in [1.807, 2.05) is 24.3 Å². The van der Waals surface area contributed by atoms with Gasteiger partial charge in [-0.05, 0) is 18.2 Å². The van der Waals surface area contributed by atoms with E-state index in [-0.39, 0.29) is 5.91 Å². The molecule has 16 heavy (non-hydrogen) atoms. The summed E-state index contributed by atoms with van der Waals surface area (Å²) in [6.07, 6.45) is 1.56. The maximum atomic E-state index is 10.9. The molecule has 1 heterocycles. The normalized spacial score (nSPS) is 10.1. The van der Waals surface area contributed by atoms with E-state index < -0.39 is 0 Å². The number of nitrogens with one attached hydrogen (secondary N) is 2. The van der Waals surface area contributed by atoms with E-state index >= 15 is 0 Å². The van der Waals surface area contributed by atoms with Gasteiger partial charge in [0.05, 0.1) is 11.9 Å². The van der Waals surface area contributed by atoms with Gasteiger partial charge < -0.3 is 5.32 Å². The molecule has 0 fully saturated rings. The molecule has 0 aliphatic rings. The average Bonchev–Trinajstić information content (AvgIpc) is 2.64. The fraction of sp³-hybridized carbons (Fsp3) is 0.100. The minimum Gasteiger partial charge on any atom is -0.326 e. The molecule has 0 radical (unpaired) electrons. The van der Waals surface area contributed by atoms with Crippen LogP contribution in [0, 0.1) is 4.64 Å².